The molecule has 6 unspecified atom stereocenters. The van der Waals surface area contributed by atoms with Crippen LogP contribution in [0.2, 0.25) is 0 Å². The largest absolute Gasteiger partial charge is 0.371 e. The van der Waals surface area contributed by atoms with E-state index < -0.39 is 0 Å². The fourth-order valence-electron chi connectivity index (χ4n) is 12.1. The van der Waals surface area contributed by atoms with E-state index in [0.29, 0.717) is 0 Å². The second-order valence-electron chi connectivity index (χ2n) is 17.0. The first-order valence-electron chi connectivity index (χ1n) is 19.2. The van der Waals surface area contributed by atoms with Crippen LogP contribution in [-0.2, 0) is 0 Å². The van der Waals surface area contributed by atoms with Crippen molar-refractivity contribution < 1.29 is 4.58 Å². The van der Waals surface area contributed by atoms with Gasteiger partial charge in [-0.05, 0) is 95.5 Å². The van der Waals surface area contributed by atoms with Crippen molar-refractivity contribution >= 4 is 5.71 Å². The number of allylic oxidation sites excluding steroid dienone is 6. The summed E-state index contributed by atoms with van der Waals surface area (Å²) in [5.74, 6) is 5.60. The lowest BCUT2D eigenvalue weighted by Gasteiger charge is -2.42. The van der Waals surface area contributed by atoms with Gasteiger partial charge in [-0.25, -0.2) is 4.58 Å². The summed E-state index contributed by atoms with van der Waals surface area (Å²) >= 11 is 0. The smallest absolute Gasteiger partial charge is 0.182 e. The molecule has 2 aliphatic heterocycles. The standard InChI is InChI=1S/C41H67N2/c1-7-42-36-28-32(30-18-12-9-13-19-30)24-26-34(36)40(3,4)38(42)22-16-11-17-23-39-41(5,6)35-27-25-33(29-37(35)43(39)8-2)31-20-14-10-15-21-31/h11,16-17,22-23,30-37H,7-10,12-15,18-21,24-29H2,1-6H3/q+1. The van der Waals surface area contributed by atoms with Gasteiger partial charge in [-0.3, -0.25) is 0 Å². The molecule has 6 rings (SSSR count). The van der Waals surface area contributed by atoms with E-state index in [0.717, 1.165) is 60.7 Å². The fourth-order valence-corrected chi connectivity index (χ4v) is 12.1. The van der Waals surface area contributed by atoms with Gasteiger partial charge in [0.25, 0.3) is 0 Å². The molecule has 0 aromatic heterocycles. The van der Waals surface area contributed by atoms with Crippen LogP contribution in [0.1, 0.15) is 144 Å². The minimum absolute atomic E-state index is 0.276. The molecule has 0 bridgehead atoms. The molecule has 0 aromatic carbocycles. The Morgan fingerprint density at radius 2 is 1.26 bits per heavy atom. The predicted molar refractivity (Wildman–Crippen MR) is 185 cm³/mol. The van der Waals surface area contributed by atoms with Crippen LogP contribution < -0.4 is 0 Å². The van der Waals surface area contributed by atoms with E-state index in [1.165, 1.54) is 103 Å². The quantitative estimate of drug-likeness (QED) is 0.212. The maximum absolute atomic E-state index is 2.83. The first-order chi connectivity index (χ1) is 20.8. The fraction of sp³-hybridized carbons (Fsp3) is 0.829. The lowest BCUT2D eigenvalue weighted by molar-refractivity contribution is -0.565. The Balaban J connectivity index is 1.15. The minimum atomic E-state index is 0.276. The summed E-state index contributed by atoms with van der Waals surface area (Å²) in [6.07, 6.45) is 35.7. The molecule has 6 atom stereocenters. The summed E-state index contributed by atoms with van der Waals surface area (Å²) < 4.78 is 2.83. The van der Waals surface area contributed by atoms with E-state index >= 15 is 0 Å². The molecule has 0 N–H and O–H groups in total. The average Bonchev–Trinajstić information content (AvgIpc) is 3.38. The Labute approximate surface area is 266 Å². The van der Waals surface area contributed by atoms with E-state index in [9.17, 15) is 0 Å². The van der Waals surface area contributed by atoms with Crippen molar-refractivity contribution in [2.24, 2.45) is 46.3 Å². The Hall–Kier alpha value is -1.31. The van der Waals surface area contributed by atoms with Crippen LogP contribution in [-0.4, -0.2) is 40.4 Å². The third kappa shape index (κ3) is 6.01. The predicted octanol–water partition coefficient (Wildman–Crippen LogP) is 10.6. The SMILES string of the molecule is CCN1/C(=C/C=C/C=C/C2=[N+](CC)C3CC(C4CCCCC4)CCC3C2(C)C)C(C)(C)C2CCC(C3CCCCC3)CC21. The number of hydrogen-bond acceptors (Lipinski definition) is 1. The molecule has 5 fully saturated rings. The summed E-state index contributed by atoms with van der Waals surface area (Å²) in [6, 6.07) is 1.51. The van der Waals surface area contributed by atoms with Crippen molar-refractivity contribution in [3.8, 4) is 0 Å². The molecule has 0 spiro atoms. The molecular weight excluding hydrogens is 520 g/mol. The van der Waals surface area contributed by atoms with Crippen molar-refractivity contribution in [3.63, 3.8) is 0 Å². The number of rotatable bonds is 7. The first-order valence-corrected chi connectivity index (χ1v) is 19.2. The highest BCUT2D eigenvalue weighted by molar-refractivity contribution is 5.96. The van der Waals surface area contributed by atoms with Crippen LogP contribution in [0.15, 0.2) is 36.1 Å². The minimum Gasteiger partial charge on any atom is -0.371 e. The van der Waals surface area contributed by atoms with Crippen molar-refractivity contribution in [1.29, 1.82) is 0 Å². The van der Waals surface area contributed by atoms with Crippen molar-refractivity contribution in [3.05, 3.63) is 36.1 Å². The van der Waals surface area contributed by atoms with Gasteiger partial charge in [-0.1, -0.05) is 96.3 Å². The molecule has 43 heavy (non-hydrogen) atoms. The third-order valence-electron chi connectivity index (χ3n) is 14.4. The van der Waals surface area contributed by atoms with Crippen LogP contribution in [0.5, 0.6) is 0 Å². The zero-order chi connectivity index (χ0) is 30.2. The second kappa shape index (κ2) is 13.2. The summed E-state index contributed by atoms with van der Waals surface area (Å²) in [4.78, 5) is 2.83. The van der Waals surface area contributed by atoms with E-state index in [-0.39, 0.29) is 10.8 Å². The van der Waals surface area contributed by atoms with E-state index in [1.807, 2.05) is 0 Å². The summed E-state index contributed by atoms with van der Waals surface area (Å²) in [7, 11) is 0. The molecule has 2 nitrogen and oxygen atoms in total. The van der Waals surface area contributed by atoms with Gasteiger partial charge in [0.2, 0.25) is 0 Å². The van der Waals surface area contributed by atoms with Crippen molar-refractivity contribution in [2.75, 3.05) is 13.1 Å². The summed E-state index contributed by atoms with van der Waals surface area (Å²) in [6.45, 7) is 17.3. The maximum Gasteiger partial charge on any atom is 0.182 e. The van der Waals surface area contributed by atoms with Gasteiger partial charge in [-0.2, -0.15) is 0 Å². The molecule has 6 aliphatic rings. The average molecular weight is 588 g/mol. The molecule has 240 valence electrons. The topological polar surface area (TPSA) is 6.25 Å². The molecule has 0 amide bonds. The summed E-state index contributed by atoms with van der Waals surface area (Å²) in [5, 5.41) is 0. The third-order valence-corrected chi connectivity index (χ3v) is 14.4. The van der Waals surface area contributed by atoms with E-state index in [1.54, 1.807) is 11.4 Å². The van der Waals surface area contributed by atoms with Crippen LogP contribution in [0.4, 0.5) is 0 Å². The lowest BCUT2D eigenvalue weighted by Crippen LogP contribution is -2.40. The Morgan fingerprint density at radius 3 is 1.86 bits per heavy atom. The summed E-state index contributed by atoms with van der Waals surface area (Å²) in [5.41, 5.74) is 3.75. The monoisotopic (exact) mass is 588 g/mol. The van der Waals surface area contributed by atoms with Crippen LogP contribution in [0, 0.1) is 46.3 Å². The van der Waals surface area contributed by atoms with Gasteiger partial charge in [-0.15, -0.1) is 0 Å². The number of likely N-dealkylation sites (tertiary alicyclic amines) is 1. The molecule has 2 heterocycles. The number of nitrogens with zero attached hydrogens (tertiary/aromatic N) is 2. The van der Waals surface area contributed by atoms with Crippen molar-refractivity contribution in [1.82, 2.24) is 4.90 Å². The zero-order valence-electron chi connectivity index (χ0n) is 29.1. The maximum atomic E-state index is 2.83. The van der Waals surface area contributed by atoms with Crippen LogP contribution >= 0.6 is 0 Å². The van der Waals surface area contributed by atoms with Gasteiger partial charge in [0, 0.05) is 42.1 Å². The van der Waals surface area contributed by atoms with Gasteiger partial charge >= 0.3 is 0 Å². The molecular formula is C41H67N2+. The molecule has 4 aliphatic carbocycles. The molecule has 0 radical (unpaired) electrons. The van der Waals surface area contributed by atoms with Crippen LogP contribution in [0.3, 0.4) is 0 Å². The van der Waals surface area contributed by atoms with Crippen molar-refractivity contribution in [2.45, 2.75) is 156 Å². The second-order valence-corrected chi connectivity index (χ2v) is 17.0. The molecule has 2 heteroatoms. The van der Waals surface area contributed by atoms with E-state index in [2.05, 4.69) is 81.4 Å². The first kappa shape index (κ1) is 31.7. The number of fused-ring (bicyclic) bond motifs is 2. The van der Waals surface area contributed by atoms with Gasteiger partial charge < -0.3 is 4.90 Å². The van der Waals surface area contributed by atoms with Gasteiger partial charge in [0.1, 0.15) is 6.54 Å². The van der Waals surface area contributed by atoms with Gasteiger partial charge in [0.15, 0.2) is 11.8 Å². The van der Waals surface area contributed by atoms with Gasteiger partial charge in [0.05, 0.1) is 5.41 Å². The van der Waals surface area contributed by atoms with Crippen LogP contribution in [0.25, 0.3) is 0 Å². The number of hydrogen-bond donors (Lipinski definition) is 0. The molecule has 4 saturated carbocycles. The highest BCUT2D eigenvalue weighted by Gasteiger charge is 2.56. The highest BCUT2D eigenvalue weighted by atomic mass is 15.2. The molecule has 1 saturated heterocycles. The Morgan fingerprint density at radius 1 is 0.651 bits per heavy atom. The Bertz CT molecular complexity index is 1070. The zero-order valence-corrected chi connectivity index (χ0v) is 29.1. The van der Waals surface area contributed by atoms with E-state index in [4.69, 9.17) is 0 Å². The Kier molecular flexibility index (Phi) is 9.72. The highest BCUT2D eigenvalue weighted by Crippen LogP contribution is 2.56. The normalized spacial score (nSPS) is 38.0. The molecule has 0 aromatic rings. The lowest BCUT2D eigenvalue weighted by atomic mass is 9.63.